The molecule has 2 rings (SSSR count). The minimum absolute atomic E-state index is 0.624. The van der Waals surface area contributed by atoms with Crippen molar-refractivity contribution in [3.8, 4) is 0 Å². The fourth-order valence-corrected chi connectivity index (χ4v) is 2.16. The molecule has 1 saturated carbocycles. The second kappa shape index (κ2) is 4.21. The number of nitrogens with one attached hydrogen (secondary N) is 1. The van der Waals surface area contributed by atoms with Crippen molar-refractivity contribution in [3.05, 3.63) is 23.4 Å². The van der Waals surface area contributed by atoms with E-state index in [0.717, 1.165) is 17.4 Å². The van der Waals surface area contributed by atoms with Gasteiger partial charge in [0.1, 0.15) is 5.82 Å². The first-order valence-electron chi connectivity index (χ1n) is 5.91. The molecule has 1 atom stereocenters. The summed E-state index contributed by atoms with van der Waals surface area (Å²) < 4.78 is 0. The Morgan fingerprint density at radius 3 is 2.67 bits per heavy atom. The van der Waals surface area contributed by atoms with Gasteiger partial charge in [-0.2, -0.15) is 0 Å². The number of rotatable bonds is 4. The van der Waals surface area contributed by atoms with Crippen molar-refractivity contribution < 1.29 is 0 Å². The minimum Gasteiger partial charge on any atom is -0.367 e. The molecular weight excluding hydrogens is 184 g/mol. The van der Waals surface area contributed by atoms with Crippen molar-refractivity contribution in [2.45, 2.75) is 46.1 Å². The zero-order valence-electron chi connectivity index (χ0n) is 9.88. The number of aryl methyl sites for hydroxylation is 2. The zero-order valence-corrected chi connectivity index (χ0v) is 9.88. The molecule has 0 amide bonds. The third-order valence-corrected chi connectivity index (χ3v) is 3.06. The van der Waals surface area contributed by atoms with Gasteiger partial charge >= 0.3 is 0 Å². The van der Waals surface area contributed by atoms with Crippen LogP contribution in [0, 0.1) is 19.8 Å². The highest BCUT2D eigenvalue weighted by molar-refractivity contribution is 5.40. The van der Waals surface area contributed by atoms with E-state index in [0.29, 0.717) is 6.04 Å². The molecule has 0 bridgehead atoms. The van der Waals surface area contributed by atoms with Crippen molar-refractivity contribution in [1.82, 2.24) is 4.98 Å². The monoisotopic (exact) mass is 204 g/mol. The summed E-state index contributed by atoms with van der Waals surface area (Å²) in [6, 6.07) is 4.88. The number of anilines is 1. The van der Waals surface area contributed by atoms with Crippen LogP contribution in [0.3, 0.4) is 0 Å². The normalized spacial score (nSPS) is 17.5. The predicted octanol–water partition coefficient (Wildman–Crippen LogP) is 3.30. The topological polar surface area (TPSA) is 24.9 Å². The Bertz CT molecular complexity index is 322. The first-order valence-corrected chi connectivity index (χ1v) is 5.91. The number of hydrogen-bond acceptors (Lipinski definition) is 2. The summed E-state index contributed by atoms with van der Waals surface area (Å²) in [7, 11) is 0. The van der Waals surface area contributed by atoms with Crippen molar-refractivity contribution in [2.75, 3.05) is 5.32 Å². The van der Waals surface area contributed by atoms with Crippen LogP contribution in [0.15, 0.2) is 12.1 Å². The van der Waals surface area contributed by atoms with E-state index >= 15 is 0 Å². The van der Waals surface area contributed by atoms with Crippen LogP contribution < -0.4 is 5.32 Å². The maximum atomic E-state index is 4.52. The summed E-state index contributed by atoms with van der Waals surface area (Å²) in [4.78, 5) is 4.52. The van der Waals surface area contributed by atoms with Crippen LogP contribution in [0.2, 0.25) is 0 Å². The first-order chi connectivity index (χ1) is 7.19. The van der Waals surface area contributed by atoms with Gasteiger partial charge < -0.3 is 5.32 Å². The first kappa shape index (κ1) is 10.5. The lowest BCUT2D eigenvalue weighted by molar-refractivity contribution is 0.614. The number of aromatic nitrogens is 1. The van der Waals surface area contributed by atoms with Gasteiger partial charge in [0.05, 0.1) is 0 Å². The Balaban J connectivity index is 2.08. The predicted molar refractivity (Wildman–Crippen MR) is 64.1 cm³/mol. The van der Waals surface area contributed by atoms with Crippen LogP contribution in [-0.2, 0) is 0 Å². The van der Waals surface area contributed by atoms with E-state index in [9.17, 15) is 0 Å². The van der Waals surface area contributed by atoms with E-state index in [1.54, 1.807) is 0 Å². The molecule has 1 N–H and O–H groups in total. The van der Waals surface area contributed by atoms with Gasteiger partial charge in [-0.05, 0) is 56.7 Å². The van der Waals surface area contributed by atoms with Gasteiger partial charge in [0, 0.05) is 11.7 Å². The van der Waals surface area contributed by atoms with Crippen molar-refractivity contribution in [2.24, 2.45) is 5.92 Å². The lowest BCUT2D eigenvalue weighted by atomic mass is 10.1. The molecule has 0 aromatic carbocycles. The molecule has 1 fully saturated rings. The second-order valence-electron chi connectivity index (χ2n) is 4.67. The standard InChI is InChI=1S/C13H20N2/c1-4-12(11-5-6-11)15-13-8-9(2)7-10(3)14-13/h7-8,11-12H,4-6H2,1-3H3,(H,14,15). The van der Waals surface area contributed by atoms with Crippen LogP contribution >= 0.6 is 0 Å². The van der Waals surface area contributed by atoms with E-state index in [1.807, 2.05) is 0 Å². The average Bonchev–Trinajstić information content (AvgIpc) is 2.95. The lowest BCUT2D eigenvalue weighted by Crippen LogP contribution is -2.21. The summed E-state index contributed by atoms with van der Waals surface area (Å²) in [5, 5.41) is 3.56. The van der Waals surface area contributed by atoms with Crippen molar-refractivity contribution >= 4 is 5.82 Å². The van der Waals surface area contributed by atoms with Crippen LogP contribution in [0.25, 0.3) is 0 Å². The van der Waals surface area contributed by atoms with E-state index in [2.05, 4.69) is 43.2 Å². The van der Waals surface area contributed by atoms with Gasteiger partial charge in [0.15, 0.2) is 0 Å². The Morgan fingerprint density at radius 1 is 1.40 bits per heavy atom. The Kier molecular flexibility index (Phi) is 2.94. The Morgan fingerprint density at radius 2 is 2.13 bits per heavy atom. The molecule has 0 radical (unpaired) electrons. The van der Waals surface area contributed by atoms with Gasteiger partial charge in [-0.3, -0.25) is 0 Å². The number of hydrogen-bond donors (Lipinski definition) is 1. The van der Waals surface area contributed by atoms with Gasteiger partial charge in [0.25, 0.3) is 0 Å². The van der Waals surface area contributed by atoms with Gasteiger partial charge in [-0.25, -0.2) is 4.98 Å². The molecule has 0 spiro atoms. The molecule has 0 saturated heterocycles. The maximum Gasteiger partial charge on any atom is 0.126 e. The van der Waals surface area contributed by atoms with E-state index in [4.69, 9.17) is 0 Å². The quantitative estimate of drug-likeness (QED) is 0.814. The number of nitrogens with zero attached hydrogens (tertiary/aromatic N) is 1. The van der Waals surface area contributed by atoms with Crippen LogP contribution in [-0.4, -0.2) is 11.0 Å². The van der Waals surface area contributed by atoms with Crippen LogP contribution in [0.5, 0.6) is 0 Å². The molecule has 1 aliphatic carbocycles. The average molecular weight is 204 g/mol. The molecule has 1 heterocycles. The summed E-state index contributed by atoms with van der Waals surface area (Å²) in [6.45, 7) is 6.42. The fraction of sp³-hybridized carbons (Fsp3) is 0.615. The van der Waals surface area contributed by atoms with E-state index in [-0.39, 0.29) is 0 Å². The van der Waals surface area contributed by atoms with Gasteiger partial charge in [0.2, 0.25) is 0 Å². The van der Waals surface area contributed by atoms with Crippen molar-refractivity contribution in [3.63, 3.8) is 0 Å². The largest absolute Gasteiger partial charge is 0.367 e. The highest BCUT2D eigenvalue weighted by atomic mass is 15.0. The molecule has 1 aliphatic rings. The SMILES string of the molecule is CCC(Nc1cc(C)cc(C)n1)C1CC1. The molecular formula is C13H20N2. The number of pyridine rings is 1. The maximum absolute atomic E-state index is 4.52. The van der Waals surface area contributed by atoms with Crippen LogP contribution in [0.1, 0.15) is 37.4 Å². The Labute approximate surface area is 92.1 Å². The van der Waals surface area contributed by atoms with Crippen LogP contribution in [0.4, 0.5) is 5.82 Å². The molecule has 0 aliphatic heterocycles. The summed E-state index contributed by atoms with van der Waals surface area (Å²) in [5.74, 6) is 1.93. The molecule has 2 nitrogen and oxygen atoms in total. The van der Waals surface area contributed by atoms with Gasteiger partial charge in [-0.1, -0.05) is 6.92 Å². The molecule has 2 heteroatoms. The summed E-state index contributed by atoms with van der Waals surface area (Å²) >= 11 is 0. The fourth-order valence-electron chi connectivity index (χ4n) is 2.16. The summed E-state index contributed by atoms with van der Waals surface area (Å²) in [6.07, 6.45) is 3.96. The highest BCUT2D eigenvalue weighted by Gasteiger charge is 2.29. The van der Waals surface area contributed by atoms with E-state index in [1.165, 1.54) is 24.8 Å². The third-order valence-electron chi connectivity index (χ3n) is 3.06. The minimum atomic E-state index is 0.624. The molecule has 82 valence electrons. The second-order valence-corrected chi connectivity index (χ2v) is 4.67. The Hall–Kier alpha value is -1.05. The lowest BCUT2D eigenvalue weighted by Gasteiger charge is -2.17. The van der Waals surface area contributed by atoms with E-state index < -0.39 is 0 Å². The molecule has 1 unspecified atom stereocenters. The molecule has 15 heavy (non-hydrogen) atoms. The molecule has 1 aromatic rings. The van der Waals surface area contributed by atoms with Gasteiger partial charge in [-0.15, -0.1) is 0 Å². The zero-order chi connectivity index (χ0) is 10.8. The highest BCUT2D eigenvalue weighted by Crippen LogP contribution is 2.35. The third kappa shape index (κ3) is 2.71. The summed E-state index contributed by atoms with van der Waals surface area (Å²) in [5.41, 5.74) is 2.39. The van der Waals surface area contributed by atoms with Crippen molar-refractivity contribution in [1.29, 1.82) is 0 Å². The smallest absolute Gasteiger partial charge is 0.126 e. The molecule has 1 aromatic heterocycles.